The van der Waals surface area contributed by atoms with Crippen LogP contribution in [0.1, 0.15) is 5.56 Å². The molecule has 0 heterocycles. The second-order valence-electron chi connectivity index (χ2n) is 3.74. The monoisotopic (exact) mass is 281 g/mol. The van der Waals surface area contributed by atoms with Crippen molar-refractivity contribution in [3.05, 3.63) is 64.0 Å². The number of halogens is 2. The maximum Gasteiger partial charge on any atom is 0.270 e. The largest absolute Gasteiger partial charge is 0.457 e. The van der Waals surface area contributed by atoms with E-state index in [1.54, 1.807) is 6.07 Å². The first-order valence-corrected chi connectivity index (χ1v) is 5.90. The van der Waals surface area contributed by atoms with Gasteiger partial charge in [0.1, 0.15) is 17.3 Å². The van der Waals surface area contributed by atoms with Gasteiger partial charge in [-0.3, -0.25) is 10.1 Å². The highest BCUT2D eigenvalue weighted by molar-refractivity contribution is 6.17. The Hall–Kier alpha value is -2.14. The number of non-ortho nitro benzene ring substituents is 1. The molecule has 0 radical (unpaired) electrons. The molecule has 0 N–H and O–H groups in total. The standard InChI is InChI=1S/C13H9ClFNO3/c14-8-9-6-11(16(17)18)4-5-13(9)19-12-3-1-2-10(15)7-12/h1-7H,8H2. The zero-order valence-electron chi connectivity index (χ0n) is 9.68. The fourth-order valence-electron chi connectivity index (χ4n) is 1.54. The zero-order chi connectivity index (χ0) is 13.8. The molecule has 0 atom stereocenters. The second kappa shape index (κ2) is 5.67. The summed E-state index contributed by atoms with van der Waals surface area (Å²) in [6.07, 6.45) is 0. The summed E-state index contributed by atoms with van der Waals surface area (Å²) in [4.78, 5) is 10.1. The summed E-state index contributed by atoms with van der Waals surface area (Å²) in [5.41, 5.74) is 0.405. The van der Waals surface area contributed by atoms with E-state index in [1.165, 1.54) is 36.4 Å². The molecule has 19 heavy (non-hydrogen) atoms. The highest BCUT2D eigenvalue weighted by Gasteiger charge is 2.12. The molecule has 0 saturated heterocycles. The fourth-order valence-corrected chi connectivity index (χ4v) is 1.75. The first-order valence-electron chi connectivity index (χ1n) is 5.37. The highest BCUT2D eigenvalue weighted by Crippen LogP contribution is 2.30. The molecule has 0 fully saturated rings. The van der Waals surface area contributed by atoms with Gasteiger partial charge in [0.05, 0.1) is 10.8 Å². The lowest BCUT2D eigenvalue weighted by molar-refractivity contribution is -0.384. The Morgan fingerprint density at radius 2 is 2.05 bits per heavy atom. The van der Waals surface area contributed by atoms with Gasteiger partial charge in [0, 0.05) is 23.8 Å². The number of nitro benzene ring substituents is 1. The fraction of sp³-hybridized carbons (Fsp3) is 0.0769. The Labute approximate surface area is 113 Å². The number of hydrogen-bond acceptors (Lipinski definition) is 3. The first-order chi connectivity index (χ1) is 9.10. The van der Waals surface area contributed by atoms with Gasteiger partial charge in [0.2, 0.25) is 0 Å². The van der Waals surface area contributed by atoms with Gasteiger partial charge < -0.3 is 4.74 Å². The van der Waals surface area contributed by atoms with E-state index in [9.17, 15) is 14.5 Å². The van der Waals surface area contributed by atoms with Crippen LogP contribution in [-0.2, 0) is 5.88 Å². The lowest BCUT2D eigenvalue weighted by Gasteiger charge is -2.09. The van der Waals surface area contributed by atoms with Crippen LogP contribution >= 0.6 is 11.6 Å². The molecule has 98 valence electrons. The van der Waals surface area contributed by atoms with Crippen molar-refractivity contribution < 1.29 is 14.1 Å². The summed E-state index contributed by atoms with van der Waals surface area (Å²) in [7, 11) is 0. The Bertz CT molecular complexity index is 619. The Morgan fingerprint density at radius 3 is 2.68 bits per heavy atom. The van der Waals surface area contributed by atoms with Crippen LogP contribution in [0.4, 0.5) is 10.1 Å². The molecule has 2 rings (SSSR count). The van der Waals surface area contributed by atoms with E-state index in [-0.39, 0.29) is 11.6 Å². The second-order valence-corrected chi connectivity index (χ2v) is 4.01. The van der Waals surface area contributed by atoms with Gasteiger partial charge in [-0.2, -0.15) is 0 Å². The molecule has 6 heteroatoms. The van der Waals surface area contributed by atoms with Gasteiger partial charge in [-0.25, -0.2) is 4.39 Å². The van der Waals surface area contributed by atoms with Crippen molar-refractivity contribution in [3.63, 3.8) is 0 Å². The van der Waals surface area contributed by atoms with Crippen LogP contribution < -0.4 is 4.74 Å². The predicted molar refractivity (Wildman–Crippen MR) is 69.1 cm³/mol. The van der Waals surface area contributed by atoms with Crippen molar-refractivity contribution in [2.75, 3.05) is 0 Å². The van der Waals surface area contributed by atoms with Crippen molar-refractivity contribution in [1.29, 1.82) is 0 Å². The molecule has 0 spiro atoms. The number of hydrogen-bond donors (Lipinski definition) is 0. The lowest BCUT2D eigenvalue weighted by atomic mass is 10.2. The third-order valence-electron chi connectivity index (χ3n) is 2.42. The summed E-state index contributed by atoms with van der Waals surface area (Å²) in [5.74, 6) is 0.310. The van der Waals surface area contributed by atoms with Crippen molar-refractivity contribution in [1.82, 2.24) is 0 Å². The highest BCUT2D eigenvalue weighted by atomic mass is 35.5. The van der Waals surface area contributed by atoms with E-state index < -0.39 is 10.7 Å². The quantitative estimate of drug-likeness (QED) is 0.478. The van der Waals surface area contributed by atoms with E-state index >= 15 is 0 Å². The van der Waals surface area contributed by atoms with Crippen LogP contribution in [0.25, 0.3) is 0 Å². The van der Waals surface area contributed by atoms with Gasteiger partial charge in [0.25, 0.3) is 5.69 Å². The summed E-state index contributed by atoms with van der Waals surface area (Å²) >= 11 is 5.73. The predicted octanol–water partition coefficient (Wildman–Crippen LogP) is 4.27. The molecule has 4 nitrogen and oxygen atoms in total. The van der Waals surface area contributed by atoms with Gasteiger partial charge in [0.15, 0.2) is 0 Å². The van der Waals surface area contributed by atoms with Crippen molar-refractivity contribution in [2.24, 2.45) is 0 Å². The average Bonchev–Trinajstić information content (AvgIpc) is 2.39. The Balaban J connectivity index is 2.32. The molecule has 2 aromatic carbocycles. The van der Waals surface area contributed by atoms with E-state index in [4.69, 9.17) is 16.3 Å². The molecule has 0 aliphatic heterocycles. The van der Waals surface area contributed by atoms with Gasteiger partial charge in [-0.05, 0) is 18.2 Å². The summed E-state index contributed by atoms with van der Waals surface area (Å²) in [5, 5.41) is 10.7. The lowest BCUT2D eigenvalue weighted by Crippen LogP contribution is -1.93. The molecular formula is C13H9ClFNO3. The third-order valence-corrected chi connectivity index (χ3v) is 2.71. The van der Waals surface area contributed by atoms with Crippen LogP contribution in [0.3, 0.4) is 0 Å². The number of ether oxygens (including phenoxy) is 1. The summed E-state index contributed by atoms with van der Waals surface area (Å²) < 4.78 is 18.5. The molecule has 0 aliphatic rings. The normalized spacial score (nSPS) is 10.2. The summed E-state index contributed by atoms with van der Waals surface area (Å²) in [6.45, 7) is 0. The average molecular weight is 282 g/mol. The zero-order valence-corrected chi connectivity index (χ0v) is 10.4. The van der Waals surface area contributed by atoms with Crippen molar-refractivity contribution in [3.8, 4) is 11.5 Å². The number of rotatable bonds is 4. The SMILES string of the molecule is O=[N+]([O-])c1ccc(Oc2cccc(F)c2)c(CCl)c1. The van der Waals surface area contributed by atoms with Crippen LogP contribution in [0.15, 0.2) is 42.5 Å². The summed E-state index contributed by atoms with van der Waals surface area (Å²) in [6, 6.07) is 9.70. The van der Waals surface area contributed by atoms with Crippen LogP contribution in [0.5, 0.6) is 11.5 Å². The smallest absolute Gasteiger partial charge is 0.270 e. The Kier molecular flexibility index (Phi) is 3.97. The third kappa shape index (κ3) is 3.20. The molecule has 0 saturated carbocycles. The minimum atomic E-state index is -0.512. The molecule has 2 aromatic rings. The van der Waals surface area contributed by atoms with Crippen molar-refractivity contribution in [2.45, 2.75) is 5.88 Å². The van der Waals surface area contributed by atoms with Gasteiger partial charge in [-0.15, -0.1) is 11.6 Å². The molecule has 0 amide bonds. The first kappa shape index (κ1) is 13.3. The topological polar surface area (TPSA) is 52.4 Å². The minimum absolute atomic E-state index is 0.0618. The molecule has 0 unspecified atom stereocenters. The van der Waals surface area contributed by atoms with E-state index in [2.05, 4.69) is 0 Å². The van der Waals surface area contributed by atoms with E-state index in [1.807, 2.05) is 0 Å². The van der Waals surface area contributed by atoms with E-state index in [0.29, 0.717) is 17.1 Å². The number of benzene rings is 2. The van der Waals surface area contributed by atoms with Crippen molar-refractivity contribution >= 4 is 17.3 Å². The van der Waals surface area contributed by atoms with Crippen LogP contribution in [0, 0.1) is 15.9 Å². The maximum absolute atomic E-state index is 13.0. The Morgan fingerprint density at radius 1 is 1.26 bits per heavy atom. The molecule has 0 bridgehead atoms. The van der Waals surface area contributed by atoms with Crippen LogP contribution in [0.2, 0.25) is 0 Å². The number of nitro groups is 1. The number of alkyl halides is 1. The molecule has 0 aliphatic carbocycles. The van der Waals surface area contributed by atoms with Crippen LogP contribution in [-0.4, -0.2) is 4.92 Å². The van der Waals surface area contributed by atoms with Gasteiger partial charge in [-0.1, -0.05) is 6.07 Å². The molecular weight excluding hydrogens is 273 g/mol. The number of nitrogens with zero attached hydrogens (tertiary/aromatic N) is 1. The maximum atomic E-state index is 13.0. The molecule has 0 aromatic heterocycles. The minimum Gasteiger partial charge on any atom is -0.457 e. The van der Waals surface area contributed by atoms with Gasteiger partial charge >= 0.3 is 0 Å². The van der Waals surface area contributed by atoms with E-state index in [0.717, 1.165) is 0 Å².